The van der Waals surface area contributed by atoms with Crippen molar-refractivity contribution in [2.45, 2.75) is 6.92 Å². The Kier molecular flexibility index (Phi) is 3.32. The smallest absolute Gasteiger partial charge is 0.0433 e. The number of rotatable bonds is 3. The molecule has 0 aliphatic carbocycles. The molecule has 0 unspecified atom stereocenters. The number of benzene rings is 1. The van der Waals surface area contributed by atoms with Crippen molar-refractivity contribution in [2.24, 2.45) is 0 Å². The average molecular weight is 173 g/mol. The minimum atomic E-state index is 1.22. The van der Waals surface area contributed by atoms with Gasteiger partial charge in [0.05, 0.1) is 0 Å². The largest absolute Gasteiger partial charge is 0.351 e. The first-order chi connectivity index (χ1) is 6.25. The van der Waals surface area contributed by atoms with Gasteiger partial charge in [0.15, 0.2) is 0 Å². The van der Waals surface area contributed by atoms with Crippen LogP contribution in [0.5, 0.6) is 0 Å². The predicted molar refractivity (Wildman–Crippen MR) is 58.9 cm³/mol. The maximum absolute atomic E-state index is 3.64. The summed E-state index contributed by atoms with van der Waals surface area (Å²) in [7, 11) is 2.03. The van der Waals surface area contributed by atoms with E-state index in [0.29, 0.717) is 0 Å². The van der Waals surface area contributed by atoms with Gasteiger partial charge in [-0.25, -0.2) is 0 Å². The molecule has 0 aliphatic heterocycles. The molecule has 0 N–H and O–H groups in total. The van der Waals surface area contributed by atoms with Crippen LogP contribution >= 0.6 is 0 Å². The molecule has 13 heavy (non-hydrogen) atoms. The van der Waals surface area contributed by atoms with Gasteiger partial charge in [0, 0.05) is 18.9 Å². The van der Waals surface area contributed by atoms with Gasteiger partial charge in [-0.3, -0.25) is 0 Å². The van der Waals surface area contributed by atoms with Crippen LogP contribution in [0.15, 0.2) is 49.2 Å². The van der Waals surface area contributed by atoms with Crippen molar-refractivity contribution < 1.29 is 0 Å². The molecule has 0 spiro atoms. The molecule has 0 bridgehead atoms. The molecular formula is C12H15N. The van der Waals surface area contributed by atoms with Gasteiger partial charge >= 0.3 is 0 Å². The summed E-state index contributed by atoms with van der Waals surface area (Å²) in [6, 6.07) is 8.29. The molecule has 0 radical (unpaired) electrons. The highest BCUT2D eigenvalue weighted by Crippen LogP contribution is 2.17. The molecule has 0 fully saturated rings. The molecule has 68 valence electrons. The van der Waals surface area contributed by atoms with Gasteiger partial charge in [0.25, 0.3) is 0 Å². The summed E-state index contributed by atoms with van der Waals surface area (Å²) >= 11 is 0. The van der Waals surface area contributed by atoms with Crippen molar-refractivity contribution in [3.63, 3.8) is 0 Å². The van der Waals surface area contributed by atoms with E-state index in [9.17, 15) is 0 Å². The van der Waals surface area contributed by atoms with Crippen molar-refractivity contribution in [3.8, 4) is 0 Å². The van der Waals surface area contributed by atoms with E-state index >= 15 is 0 Å². The van der Waals surface area contributed by atoms with Gasteiger partial charge in [-0.1, -0.05) is 30.9 Å². The van der Waals surface area contributed by atoms with E-state index in [1.165, 1.54) is 11.3 Å². The van der Waals surface area contributed by atoms with Crippen LogP contribution in [-0.4, -0.2) is 7.05 Å². The SMILES string of the molecule is C=CC=CN(C)c1ccccc1C. The van der Waals surface area contributed by atoms with E-state index in [1.807, 2.05) is 31.5 Å². The van der Waals surface area contributed by atoms with Gasteiger partial charge in [-0.05, 0) is 24.6 Å². The molecule has 1 aromatic rings. The first kappa shape index (κ1) is 9.59. The quantitative estimate of drug-likeness (QED) is 0.635. The Morgan fingerprint density at radius 1 is 1.31 bits per heavy atom. The molecule has 1 heteroatoms. The third-order valence-corrected chi connectivity index (χ3v) is 1.94. The molecule has 1 rings (SSSR count). The second-order valence-corrected chi connectivity index (χ2v) is 2.97. The third kappa shape index (κ3) is 2.48. The summed E-state index contributed by atoms with van der Waals surface area (Å²) in [5.41, 5.74) is 2.50. The van der Waals surface area contributed by atoms with Crippen molar-refractivity contribution in [3.05, 3.63) is 54.8 Å². The van der Waals surface area contributed by atoms with Crippen molar-refractivity contribution in [1.82, 2.24) is 0 Å². The van der Waals surface area contributed by atoms with E-state index in [1.54, 1.807) is 6.08 Å². The van der Waals surface area contributed by atoms with Crippen LogP contribution in [0, 0.1) is 6.92 Å². The predicted octanol–water partition coefficient (Wildman–Crippen LogP) is 3.13. The Morgan fingerprint density at radius 3 is 2.62 bits per heavy atom. The topological polar surface area (TPSA) is 3.24 Å². The number of para-hydroxylation sites is 1. The van der Waals surface area contributed by atoms with Crippen LogP contribution in [0.4, 0.5) is 5.69 Å². The molecule has 0 saturated carbocycles. The first-order valence-electron chi connectivity index (χ1n) is 4.33. The Hall–Kier alpha value is -1.50. The molecule has 0 saturated heterocycles. The summed E-state index contributed by atoms with van der Waals surface area (Å²) in [5.74, 6) is 0. The van der Waals surface area contributed by atoms with E-state index in [-0.39, 0.29) is 0 Å². The van der Waals surface area contributed by atoms with E-state index in [0.717, 1.165) is 0 Å². The van der Waals surface area contributed by atoms with Crippen LogP contribution in [0.3, 0.4) is 0 Å². The maximum Gasteiger partial charge on any atom is 0.0433 e. The van der Waals surface area contributed by atoms with Crippen LogP contribution < -0.4 is 4.90 Å². The summed E-state index contributed by atoms with van der Waals surface area (Å²) in [6.45, 7) is 5.74. The Morgan fingerprint density at radius 2 is 2.00 bits per heavy atom. The Bertz CT molecular complexity index is 313. The number of allylic oxidation sites excluding steroid dienone is 2. The zero-order chi connectivity index (χ0) is 9.68. The number of aryl methyl sites for hydroxylation is 1. The molecule has 0 amide bonds. The summed E-state index contributed by atoms with van der Waals surface area (Å²) < 4.78 is 0. The zero-order valence-electron chi connectivity index (χ0n) is 8.20. The highest BCUT2D eigenvalue weighted by atomic mass is 15.1. The fraction of sp³-hybridized carbons (Fsp3) is 0.167. The molecule has 0 aliphatic rings. The highest BCUT2D eigenvalue weighted by Gasteiger charge is 1.98. The monoisotopic (exact) mass is 173 g/mol. The lowest BCUT2D eigenvalue weighted by molar-refractivity contribution is 1.18. The normalized spacial score (nSPS) is 10.3. The fourth-order valence-electron chi connectivity index (χ4n) is 1.23. The summed E-state index contributed by atoms with van der Waals surface area (Å²) in [6.07, 6.45) is 5.69. The lowest BCUT2D eigenvalue weighted by atomic mass is 10.2. The number of hydrogen-bond acceptors (Lipinski definition) is 1. The molecule has 0 heterocycles. The van der Waals surface area contributed by atoms with Gasteiger partial charge in [0.1, 0.15) is 0 Å². The van der Waals surface area contributed by atoms with Gasteiger partial charge in [-0.2, -0.15) is 0 Å². The number of hydrogen-bond donors (Lipinski definition) is 0. The number of nitrogens with zero attached hydrogens (tertiary/aromatic N) is 1. The van der Waals surface area contributed by atoms with E-state index < -0.39 is 0 Å². The van der Waals surface area contributed by atoms with Crippen molar-refractivity contribution in [2.75, 3.05) is 11.9 Å². The molecule has 1 aromatic carbocycles. The fourth-order valence-corrected chi connectivity index (χ4v) is 1.23. The second kappa shape index (κ2) is 4.51. The molecule has 1 nitrogen and oxygen atoms in total. The van der Waals surface area contributed by atoms with Gasteiger partial charge in [0.2, 0.25) is 0 Å². The zero-order valence-corrected chi connectivity index (χ0v) is 8.20. The molecular weight excluding hydrogens is 158 g/mol. The van der Waals surface area contributed by atoms with Crippen LogP contribution in [0.25, 0.3) is 0 Å². The lowest BCUT2D eigenvalue weighted by Crippen LogP contribution is -2.08. The van der Waals surface area contributed by atoms with Crippen LogP contribution in [0.2, 0.25) is 0 Å². The molecule has 0 aromatic heterocycles. The van der Waals surface area contributed by atoms with E-state index in [2.05, 4.69) is 30.5 Å². The second-order valence-electron chi connectivity index (χ2n) is 2.97. The molecule has 0 atom stereocenters. The maximum atomic E-state index is 3.64. The first-order valence-corrected chi connectivity index (χ1v) is 4.33. The number of anilines is 1. The standard InChI is InChI=1S/C12H15N/c1-4-5-10-13(3)12-9-7-6-8-11(12)2/h4-10H,1H2,2-3H3. The van der Waals surface area contributed by atoms with Crippen molar-refractivity contribution >= 4 is 5.69 Å². The summed E-state index contributed by atoms with van der Waals surface area (Å²) in [4.78, 5) is 2.08. The lowest BCUT2D eigenvalue weighted by Gasteiger charge is -2.16. The van der Waals surface area contributed by atoms with Gasteiger partial charge in [-0.15, -0.1) is 0 Å². The van der Waals surface area contributed by atoms with Crippen LogP contribution in [-0.2, 0) is 0 Å². The minimum absolute atomic E-state index is 1.22. The Balaban J connectivity index is 2.88. The minimum Gasteiger partial charge on any atom is -0.351 e. The Labute approximate surface area is 80.0 Å². The summed E-state index contributed by atoms with van der Waals surface area (Å²) in [5, 5.41) is 0. The van der Waals surface area contributed by atoms with Gasteiger partial charge < -0.3 is 4.90 Å². The average Bonchev–Trinajstić information content (AvgIpc) is 2.15. The third-order valence-electron chi connectivity index (χ3n) is 1.94. The highest BCUT2D eigenvalue weighted by molar-refractivity contribution is 5.54. The van der Waals surface area contributed by atoms with E-state index in [4.69, 9.17) is 0 Å². The van der Waals surface area contributed by atoms with Crippen LogP contribution in [0.1, 0.15) is 5.56 Å². The van der Waals surface area contributed by atoms with Crippen molar-refractivity contribution in [1.29, 1.82) is 0 Å².